The Morgan fingerprint density at radius 2 is 1.70 bits per heavy atom. The molecule has 6 heteroatoms. The Kier molecular flexibility index (Phi) is 3.46. The van der Waals surface area contributed by atoms with Crippen molar-refractivity contribution in [3.05, 3.63) is 66.0 Å². The maximum absolute atomic E-state index is 13.1. The van der Waals surface area contributed by atoms with Crippen LogP contribution in [-0.2, 0) is 0 Å². The molecule has 1 aliphatic heterocycles. The van der Waals surface area contributed by atoms with Gasteiger partial charge in [-0.2, -0.15) is 9.78 Å². The smallest absolute Gasteiger partial charge is 0.207 e. The third-order valence-corrected chi connectivity index (χ3v) is 4.70. The monoisotopic (exact) mass is 324 g/mol. The van der Waals surface area contributed by atoms with E-state index >= 15 is 0 Å². The van der Waals surface area contributed by atoms with E-state index in [1.807, 2.05) is 30.3 Å². The molecule has 0 bridgehead atoms. The Morgan fingerprint density at radius 3 is 2.43 bits per heavy atom. The van der Waals surface area contributed by atoms with Crippen LogP contribution in [0.4, 0.5) is 4.39 Å². The molecule has 3 aromatic rings. The van der Waals surface area contributed by atoms with Gasteiger partial charge in [0.15, 0.2) is 5.82 Å². The quantitative estimate of drug-likeness (QED) is 0.719. The SMILES string of the molecule is C[C@H]1Sc2nnc(-c3ccc(F)cc3)n2N=C1c1ccccc1. The van der Waals surface area contributed by atoms with E-state index in [1.54, 1.807) is 28.6 Å². The van der Waals surface area contributed by atoms with Crippen LogP contribution >= 0.6 is 11.8 Å². The van der Waals surface area contributed by atoms with Crippen molar-refractivity contribution in [1.82, 2.24) is 14.9 Å². The van der Waals surface area contributed by atoms with Crippen LogP contribution < -0.4 is 0 Å². The first kappa shape index (κ1) is 14.1. The van der Waals surface area contributed by atoms with E-state index in [0.717, 1.165) is 22.0 Å². The van der Waals surface area contributed by atoms with Crippen molar-refractivity contribution >= 4 is 17.5 Å². The van der Waals surface area contributed by atoms with Gasteiger partial charge in [-0.25, -0.2) is 4.39 Å². The van der Waals surface area contributed by atoms with E-state index in [9.17, 15) is 4.39 Å². The highest BCUT2D eigenvalue weighted by atomic mass is 32.2. The van der Waals surface area contributed by atoms with Gasteiger partial charge in [-0.3, -0.25) is 0 Å². The Labute approximate surface area is 137 Å². The Balaban J connectivity index is 1.83. The van der Waals surface area contributed by atoms with Crippen molar-refractivity contribution in [2.45, 2.75) is 17.3 Å². The lowest BCUT2D eigenvalue weighted by molar-refractivity contribution is 0.628. The van der Waals surface area contributed by atoms with Crippen molar-refractivity contribution in [2.75, 3.05) is 0 Å². The van der Waals surface area contributed by atoms with Crippen molar-refractivity contribution in [3.8, 4) is 11.4 Å². The molecular weight excluding hydrogens is 311 g/mol. The lowest BCUT2D eigenvalue weighted by Crippen LogP contribution is -2.21. The molecule has 2 heterocycles. The molecule has 0 fully saturated rings. The molecule has 2 aromatic carbocycles. The fourth-order valence-electron chi connectivity index (χ4n) is 2.51. The van der Waals surface area contributed by atoms with Crippen LogP contribution in [0, 0.1) is 5.82 Å². The number of benzene rings is 2. The van der Waals surface area contributed by atoms with E-state index < -0.39 is 0 Å². The number of fused-ring (bicyclic) bond motifs is 1. The number of aromatic nitrogens is 3. The molecular formula is C17H13FN4S. The zero-order valence-electron chi connectivity index (χ0n) is 12.3. The summed E-state index contributed by atoms with van der Waals surface area (Å²) in [6.07, 6.45) is 0. The molecule has 0 N–H and O–H groups in total. The summed E-state index contributed by atoms with van der Waals surface area (Å²) in [7, 11) is 0. The molecule has 1 aromatic heterocycles. The van der Waals surface area contributed by atoms with Crippen molar-refractivity contribution in [3.63, 3.8) is 0 Å². The van der Waals surface area contributed by atoms with Gasteiger partial charge in [0.1, 0.15) is 5.82 Å². The van der Waals surface area contributed by atoms with Crippen LogP contribution in [-0.4, -0.2) is 25.8 Å². The normalized spacial score (nSPS) is 16.8. The second-order valence-corrected chi connectivity index (χ2v) is 6.54. The predicted molar refractivity (Wildman–Crippen MR) is 89.1 cm³/mol. The number of halogens is 1. The summed E-state index contributed by atoms with van der Waals surface area (Å²) in [6, 6.07) is 16.3. The maximum atomic E-state index is 13.1. The number of nitrogens with zero attached hydrogens (tertiary/aromatic N) is 4. The maximum Gasteiger partial charge on any atom is 0.213 e. The van der Waals surface area contributed by atoms with Gasteiger partial charge in [-0.1, -0.05) is 42.1 Å². The largest absolute Gasteiger partial charge is 0.213 e. The number of rotatable bonds is 2. The van der Waals surface area contributed by atoms with Crippen LogP contribution in [0.3, 0.4) is 0 Å². The van der Waals surface area contributed by atoms with Gasteiger partial charge in [0.25, 0.3) is 0 Å². The molecule has 1 aliphatic rings. The van der Waals surface area contributed by atoms with Crippen molar-refractivity contribution in [1.29, 1.82) is 0 Å². The third kappa shape index (κ3) is 2.55. The highest BCUT2D eigenvalue weighted by Gasteiger charge is 2.26. The summed E-state index contributed by atoms with van der Waals surface area (Å²) >= 11 is 1.62. The van der Waals surface area contributed by atoms with E-state index in [1.165, 1.54) is 12.1 Å². The molecule has 0 saturated heterocycles. The molecule has 4 rings (SSSR count). The number of hydrogen-bond donors (Lipinski definition) is 0. The first-order valence-electron chi connectivity index (χ1n) is 7.24. The van der Waals surface area contributed by atoms with Crippen molar-refractivity contribution < 1.29 is 4.39 Å². The zero-order chi connectivity index (χ0) is 15.8. The van der Waals surface area contributed by atoms with Gasteiger partial charge < -0.3 is 0 Å². The standard InChI is InChI=1S/C17H13FN4S/c1-11-15(12-5-3-2-4-6-12)21-22-16(19-20-17(22)23-11)13-7-9-14(18)10-8-13/h2-11H,1H3/t11-/m1/s1. The van der Waals surface area contributed by atoms with E-state index in [0.29, 0.717) is 5.82 Å². The van der Waals surface area contributed by atoms with E-state index in [-0.39, 0.29) is 11.1 Å². The topological polar surface area (TPSA) is 43.1 Å². The fourth-order valence-corrected chi connectivity index (χ4v) is 3.44. The number of thioether (sulfide) groups is 1. The van der Waals surface area contributed by atoms with E-state index in [4.69, 9.17) is 5.10 Å². The minimum atomic E-state index is -0.274. The predicted octanol–water partition coefficient (Wildman–Crippen LogP) is 3.83. The average Bonchev–Trinajstić information content (AvgIpc) is 2.98. The van der Waals surface area contributed by atoms with Crippen molar-refractivity contribution in [2.24, 2.45) is 5.10 Å². The van der Waals surface area contributed by atoms with Gasteiger partial charge in [0.05, 0.1) is 11.0 Å². The Morgan fingerprint density at radius 1 is 0.957 bits per heavy atom. The van der Waals surface area contributed by atoms with Gasteiger partial charge in [-0.05, 0) is 36.8 Å². The summed E-state index contributed by atoms with van der Waals surface area (Å²) in [5.41, 5.74) is 2.85. The third-order valence-electron chi connectivity index (χ3n) is 3.66. The minimum absolute atomic E-state index is 0.190. The lowest BCUT2D eigenvalue weighted by atomic mass is 10.1. The van der Waals surface area contributed by atoms with Gasteiger partial charge in [-0.15, -0.1) is 10.2 Å². The van der Waals surface area contributed by atoms with Crippen LogP contribution in [0.1, 0.15) is 12.5 Å². The summed E-state index contributed by atoms with van der Waals surface area (Å²) in [6.45, 7) is 2.10. The lowest BCUT2D eigenvalue weighted by Gasteiger charge is -2.19. The molecule has 0 amide bonds. The van der Waals surface area contributed by atoms with Crippen LogP contribution in [0.15, 0.2) is 64.9 Å². The van der Waals surface area contributed by atoms with Crippen LogP contribution in [0.25, 0.3) is 11.4 Å². The Bertz CT molecular complexity index is 871. The molecule has 0 radical (unpaired) electrons. The van der Waals surface area contributed by atoms with Gasteiger partial charge in [0, 0.05) is 5.56 Å². The van der Waals surface area contributed by atoms with Gasteiger partial charge in [0.2, 0.25) is 5.16 Å². The Hall–Kier alpha value is -2.47. The zero-order valence-corrected chi connectivity index (χ0v) is 13.2. The van der Waals surface area contributed by atoms with Crippen LogP contribution in [0.5, 0.6) is 0 Å². The van der Waals surface area contributed by atoms with Crippen LogP contribution in [0.2, 0.25) is 0 Å². The van der Waals surface area contributed by atoms with E-state index in [2.05, 4.69) is 17.1 Å². The summed E-state index contributed by atoms with van der Waals surface area (Å²) in [5.74, 6) is 0.344. The fraction of sp³-hybridized carbons (Fsp3) is 0.118. The summed E-state index contributed by atoms with van der Waals surface area (Å²) in [5, 5.41) is 14.1. The van der Waals surface area contributed by atoms with Gasteiger partial charge >= 0.3 is 0 Å². The first-order chi connectivity index (χ1) is 11.2. The first-order valence-corrected chi connectivity index (χ1v) is 8.12. The molecule has 1 atom stereocenters. The summed E-state index contributed by atoms with van der Waals surface area (Å²) in [4.78, 5) is 0. The molecule has 0 spiro atoms. The summed E-state index contributed by atoms with van der Waals surface area (Å²) < 4.78 is 14.9. The second-order valence-electron chi connectivity index (χ2n) is 5.24. The second kappa shape index (κ2) is 5.62. The molecule has 0 aliphatic carbocycles. The molecule has 0 unspecified atom stereocenters. The molecule has 0 saturated carbocycles. The minimum Gasteiger partial charge on any atom is -0.207 e. The molecule has 23 heavy (non-hydrogen) atoms. The molecule has 4 nitrogen and oxygen atoms in total. The molecule has 114 valence electrons. The average molecular weight is 324 g/mol. The highest BCUT2D eigenvalue weighted by molar-refractivity contribution is 8.00. The number of hydrogen-bond acceptors (Lipinski definition) is 4. The highest BCUT2D eigenvalue weighted by Crippen LogP contribution is 2.32.